The van der Waals surface area contributed by atoms with Crippen LogP contribution >= 0.6 is 11.3 Å². The average Bonchev–Trinajstić information content (AvgIpc) is 3.35. The Labute approximate surface area is 188 Å². The van der Waals surface area contributed by atoms with Gasteiger partial charge >= 0.3 is 6.09 Å². The SMILES string of the molecule is CCOc1cccc2cc(C(=O)Nc3sc4c(c3C(=O)NC(=O)OC)CCC(C)C4)oc12. The third kappa shape index (κ3) is 4.20. The molecular weight excluding hydrogens is 432 g/mol. The van der Waals surface area contributed by atoms with Crippen LogP contribution in [0.3, 0.4) is 0 Å². The summed E-state index contributed by atoms with van der Waals surface area (Å²) in [5, 5.41) is 6.15. The van der Waals surface area contributed by atoms with Crippen LogP contribution in [0.2, 0.25) is 0 Å². The van der Waals surface area contributed by atoms with Crippen LogP contribution in [0.25, 0.3) is 11.0 Å². The zero-order chi connectivity index (χ0) is 22.8. The molecule has 1 aliphatic rings. The van der Waals surface area contributed by atoms with E-state index in [1.54, 1.807) is 12.1 Å². The predicted octanol–water partition coefficient (Wildman–Crippen LogP) is 4.77. The summed E-state index contributed by atoms with van der Waals surface area (Å²) < 4.78 is 15.9. The number of imide groups is 1. The van der Waals surface area contributed by atoms with E-state index < -0.39 is 17.9 Å². The molecule has 2 aromatic heterocycles. The molecule has 0 aliphatic heterocycles. The van der Waals surface area contributed by atoms with Gasteiger partial charge < -0.3 is 19.2 Å². The number of carbonyl (C=O) groups excluding carboxylic acids is 3. The van der Waals surface area contributed by atoms with Crippen LogP contribution in [0.15, 0.2) is 28.7 Å². The number of furan rings is 1. The fourth-order valence-electron chi connectivity index (χ4n) is 3.87. The summed E-state index contributed by atoms with van der Waals surface area (Å²) in [6, 6.07) is 7.07. The molecule has 1 aliphatic carbocycles. The molecule has 0 spiro atoms. The number of ether oxygens (including phenoxy) is 2. The molecule has 3 amide bonds. The first kappa shape index (κ1) is 21.9. The van der Waals surface area contributed by atoms with Crippen molar-refractivity contribution in [2.45, 2.75) is 33.1 Å². The molecule has 1 atom stereocenters. The molecule has 0 saturated carbocycles. The summed E-state index contributed by atoms with van der Waals surface area (Å²) in [4.78, 5) is 38.5. The third-order valence-corrected chi connectivity index (χ3v) is 6.57. The van der Waals surface area contributed by atoms with Crippen molar-refractivity contribution >= 4 is 45.2 Å². The Bertz CT molecular complexity index is 1190. The molecule has 8 nitrogen and oxygen atoms in total. The van der Waals surface area contributed by atoms with Gasteiger partial charge in [0, 0.05) is 10.3 Å². The largest absolute Gasteiger partial charge is 0.490 e. The summed E-state index contributed by atoms with van der Waals surface area (Å²) in [5.74, 6) is 0.0624. The number of amides is 3. The van der Waals surface area contributed by atoms with E-state index in [2.05, 4.69) is 22.3 Å². The minimum absolute atomic E-state index is 0.103. The van der Waals surface area contributed by atoms with Gasteiger partial charge in [0.1, 0.15) is 5.00 Å². The molecule has 32 heavy (non-hydrogen) atoms. The Kier molecular flexibility index (Phi) is 6.18. The molecule has 0 fully saturated rings. The van der Waals surface area contributed by atoms with E-state index in [9.17, 15) is 14.4 Å². The molecule has 2 heterocycles. The number of benzene rings is 1. The van der Waals surface area contributed by atoms with E-state index in [-0.39, 0.29) is 5.76 Å². The number of para-hydroxylation sites is 1. The maximum absolute atomic E-state index is 13.0. The molecule has 0 saturated heterocycles. The number of hydrogen-bond acceptors (Lipinski definition) is 7. The monoisotopic (exact) mass is 456 g/mol. The maximum atomic E-state index is 13.0. The number of hydrogen-bond donors (Lipinski definition) is 2. The lowest BCUT2D eigenvalue weighted by molar-refractivity contribution is 0.0937. The van der Waals surface area contributed by atoms with E-state index in [1.807, 2.05) is 19.1 Å². The summed E-state index contributed by atoms with van der Waals surface area (Å²) in [6.07, 6.45) is 1.60. The van der Waals surface area contributed by atoms with Crippen molar-refractivity contribution in [3.63, 3.8) is 0 Å². The second-order valence-electron chi connectivity index (χ2n) is 7.67. The standard InChI is InChI=1S/C23H24N2O6S/c1-4-30-15-7-5-6-13-11-16(31-19(13)15)20(26)24-22-18(21(27)25-23(28)29-3)14-9-8-12(2)10-17(14)32-22/h5-7,11-12H,4,8-10H2,1-3H3,(H,24,26)(H,25,27,28). The van der Waals surface area contributed by atoms with Gasteiger partial charge in [-0.25, -0.2) is 4.79 Å². The number of alkyl carbamates (subject to hydrolysis) is 1. The molecule has 0 radical (unpaired) electrons. The van der Waals surface area contributed by atoms with E-state index in [0.717, 1.165) is 28.7 Å². The molecule has 2 N–H and O–H groups in total. The minimum Gasteiger partial charge on any atom is -0.490 e. The molecular formula is C23H24N2O6S. The molecule has 168 valence electrons. The summed E-state index contributed by atoms with van der Waals surface area (Å²) in [6.45, 7) is 4.49. The van der Waals surface area contributed by atoms with E-state index in [0.29, 0.717) is 40.8 Å². The molecule has 4 rings (SSSR count). The van der Waals surface area contributed by atoms with Crippen molar-refractivity contribution in [2.75, 3.05) is 19.0 Å². The fourth-order valence-corrected chi connectivity index (χ4v) is 5.27. The summed E-state index contributed by atoms with van der Waals surface area (Å²) in [7, 11) is 1.19. The molecule has 3 aromatic rings. The predicted molar refractivity (Wildman–Crippen MR) is 121 cm³/mol. The van der Waals surface area contributed by atoms with Gasteiger partial charge in [0.05, 0.1) is 19.3 Å². The highest BCUT2D eigenvalue weighted by molar-refractivity contribution is 7.17. The van der Waals surface area contributed by atoms with Crippen LogP contribution in [0.5, 0.6) is 5.75 Å². The molecule has 1 unspecified atom stereocenters. The highest BCUT2D eigenvalue weighted by Gasteiger charge is 2.30. The van der Waals surface area contributed by atoms with Gasteiger partial charge in [-0.3, -0.25) is 14.9 Å². The number of carbonyl (C=O) groups is 3. The number of nitrogens with one attached hydrogen (secondary N) is 2. The van der Waals surface area contributed by atoms with Crippen molar-refractivity contribution in [1.82, 2.24) is 5.32 Å². The van der Waals surface area contributed by atoms with Gasteiger partial charge in [-0.15, -0.1) is 11.3 Å². The minimum atomic E-state index is -0.850. The Morgan fingerprint density at radius 2 is 2.06 bits per heavy atom. The van der Waals surface area contributed by atoms with Crippen molar-refractivity contribution < 1.29 is 28.3 Å². The first-order valence-electron chi connectivity index (χ1n) is 10.4. The number of fused-ring (bicyclic) bond motifs is 2. The molecule has 9 heteroatoms. The summed E-state index contributed by atoms with van der Waals surface area (Å²) >= 11 is 1.36. The number of rotatable bonds is 5. The fraction of sp³-hybridized carbons (Fsp3) is 0.348. The second kappa shape index (κ2) is 9.04. The smallest absolute Gasteiger partial charge is 0.413 e. The highest BCUT2D eigenvalue weighted by Crippen LogP contribution is 2.40. The molecule has 1 aromatic carbocycles. The van der Waals surface area contributed by atoms with Crippen LogP contribution in [-0.4, -0.2) is 31.6 Å². The average molecular weight is 457 g/mol. The van der Waals surface area contributed by atoms with Gasteiger partial charge in [-0.2, -0.15) is 0 Å². The van der Waals surface area contributed by atoms with Crippen LogP contribution < -0.4 is 15.4 Å². The zero-order valence-electron chi connectivity index (χ0n) is 18.1. The first-order valence-corrected chi connectivity index (χ1v) is 11.2. The quantitative estimate of drug-likeness (QED) is 0.573. The Balaban J connectivity index is 1.67. The van der Waals surface area contributed by atoms with E-state index in [1.165, 1.54) is 18.4 Å². The number of thiophene rings is 1. The first-order chi connectivity index (χ1) is 15.4. The topological polar surface area (TPSA) is 107 Å². The van der Waals surface area contributed by atoms with E-state index in [4.69, 9.17) is 9.15 Å². The van der Waals surface area contributed by atoms with Crippen LogP contribution in [0.4, 0.5) is 9.80 Å². The van der Waals surface area contributed by atoms with Gasteiger partial charge in [-0.05, 0) is 49.8 Å². The second-order valence-corrected chi connectivity index (χ2v) is 8.78. The molecule has 0 bridgehead atoms. The van der Waals surface area contributed by atoms with Crippen LogP contribution in [0, 0.1) is 5.92 Å². The zero-order valence-corrected chi connectivity index (χ0v) is 18.9. The van der Waals surface area contributed by atoms with E-state index >= 15 is 0 Å². The van der Waals surface area contributed by atoms with Crippen molar-refractivity contribution in [3.05, 3.63) is 46.0 Å². The van der Waals surface area contributed by atoms with Crippen molar-refractivity contribution in [2.24, 2.45) is 5.92 Å². The lowest BCUT2D eigenvalue weighted by atomic mass is 9.88. The van der Waals surface area contributed by atoms with Crippen molar-refractivity contribution in [3.8, 4) is 5.75 Å². The van der Waals surface area contributed by atoms with Gasteiger partial charge in [-0.1, -0.05) is 19.1 Å². The lowest BCUT2D eigenvalue weighted by Crippen LogP contribution is -2.31. The van der Waals surface area contributed by atoms with Crippen molar-refractivity contribution in [1.29, 1.82) is 0 Å². The van der Waals surface area contributed by atoms with Gasteiger partial charge in [0.25, 0.3) is 11.8 Å². The van der Waals surface area contributed by atoms with Gasteiger partial charge in [0.15, 0.2) is 17.1 Å². The lowest BCUT2D eigenvalue weighted by Gasteiger charge is -2.18. The summed E-state index contributed by atoms with van der Waals surface area (Å²) in [5.41, 5.74) is 1.66. The Hall–Kier alpha value is -3.33. The highest BCUT2D eigenvalue weighted by atomic mass is 32.1. The van der Waals surface area contributed by atoms with Crippen LogP contribution in [-0.2, 0) is 17.6 Å². The normalized spacial score (nSPS) is 15.2. The Morgan fingerprint density at radius 3 is 2.81 bits per heavy atom. The van der Waals surface area contributed by atoms with Gasteiger partial charge in [0.2, 0.25) is 0 Å². The Morgan fingerprint density at radius 1 is 1.25 bits per heavy atom. The number of methoxy groups -OCH3 is 1. The number of anilines is 1. The van der Waals surface area contributed by atoms with Crippen LogP contribution in [0.1, 0.15) is 51.6 Å². The third-order valence-electron chi connectivity index (χ3n) is 5.40. The maximum Gasteiger partial charge on any atom is 0.413 e.